The normalized spacial score (nSPS) is 10.2. The van der Waals surface area contributed by atoms with Gasteiger partial charge in [0.25, 0.3) is 0 Å². The van der Waals surface area contributed by atoms with E-state index < -0.39 is 0 Å². The minimum Gasteiger partial charge on any atom is -0.383 e. The highest BCUT2D eigenvalue weighted by Crippen LogP contribution is 2.20. The maximum absolute atomic E-state index is 7.10. The van der Waals surface area contributed by atoms with Crippen LogP contribution in [0.5, 0.6) is 0 Å². The first-order valence-corrected chi connectivity index (χ1v) is 4.56. The van der Waals surface area contributed by atoms with Gasteiger partial charge in [0.15, 0.2) is 5.82 Å². The molecule has 0 atom stereocenters. The molecule has 2 aromatic heterocycles. The van der Waals surface area contributed by atoms with Gasteiger partial charge in [0.2, 0.25) is 0 Å². The predicted molar refractivity (Wildman–Crippen MR) is 58.7 cm³/mol. The van der Waals surface area contributed by atoms with E-state index in [-0.39, 0.29) is 0 Å². The number of rotatable bonds is 2. The molecular weight excluding hydrogens is 214 g/mol. The van der Waals surface area contributed by atoms with E-state index in [1.165, 1.54) is 10.9 Å². The molecule has 0 aliphatic heterocycles. The monoisotopic (exact) mass is 221 g/mol. The van der Waals surface area contributed by atoms with Crippen LogP contribution >= 0.6 is 11.6 Å². The summed E-state index contributed by atoms with van der Waals surface area (Å²) in [4.78, 5) is 4.07. The average molecular weight is 222 g/mol. The lowest BCUT2D eigenvalue weighted by Crippen LogP contribution is -2.05. The van der Waals surface area contributed by atoms with E-state index in [1.54, 1.807) is 18.3 Å². The van der Waals surface area contributed by atoms with Crippen molar-refractivity contribution in [2.75, 3.05) is 5.73 Å². The minimum atomic E-state index is 0.352. The lowest BCUT2D eigenvalue weighted by atomic mass is 10.3. The van der Waals surface area contributed by atoms with Gasteiger partial charge in [0.05, 0.1) is 16.8 Å². The van der Waals surface area contributed by atoms with Crippen LogP contribution in [-0.4, -0.2) is 21.0 Å². The number of nitrogens with zero attached hydrogens (tertiary/aromatic N) is 3. The Kier molecular flexibility index (Phi) is 2.39. The summed E-state index contributed by atoms with van der Waals surface area (Å²) < 4.78 is 1.41. The van der Waals surface area contributed by atoms with Crippen LogP contribution in [0, 0.1) is 5.41 Å². The van der Waals surface area contributed by atoms with Crippen molar-refractivity contribution < 1.29 is 0 Å². The first kappa shape index (κ1) is 9.67. The molecule has 0 bridgehead atoms. The molecule has 0 aliphatic rings. The van der Waals surface area contributed by atoms with Crippen LogP contribution in [0.1, 0.15) is 5.56 Å². The third-order valence-electron chi connectivity index (χ3n) is 1.93. The number of hydrogen-bond acceptors (Lipinski definition) is 4. The predicted octanol–water partition coefficient (Wildman–Crippen LogP) is 1.50. The molecule has 0 saturated heterocycles. The molecule has 6 heteroatoms. The van der Waals surface area contributed by atoms with Crippen LogP contribution in [-0.2, 0) is 0 Å². The molecule has 0 amide bonds. The van der Waals surface area contributed by atoms with Crippen LogP contribution in [0.4, 0.5) is 5.82 Å². The van der Waals surface area contributed by atoms with Gasteiger partial charge in [-0.25, -0.2) is 4.98 Å². The number of hydrogen-bond donors (Lipinski definition) is 2. The molecule has 0 saturated carbocycles. The summed E-state index contributed by atoms with van der Waals surface area (Å²) in [5.41, 5.74) is 6.30. The van der Waals surface area contributed by atoms with E-state index in [4.69, 9.17) is 22.7 Å². The molecule has 0 fully saturated rings. The SMILES string of the molecule is N=Cc1cnn(-c2ncccc2Cl)c1N. The summed E-state index contributed by atoms with van der Waals surface area (Å²) in [6.07, 6.45) is 4.23. The fraction of sp³-hybridized carbons (Fsp3) is 0. The van der Waals surface area contributed by atoms with Crippen molar-refractivity contribution in [1.29, 1.82) is 5.41 Å². The molecule has 15 heavy (non-hydrogen) atoms. The number of nitrogens with one attached hydrogen (secondary N) is 1. The van der Waals surface area contributed by atoms with Crippen LogP contribution in [0.15, 0.2) is 24.5 Å². The number of pyridine rings is 1. The Labute approximate surface area is 91.0 Å². The second-order valence-electron chi connectivity index (χ2n) is 2.85. The fourth-order valence-corrected chi connectivity index (χ4v) is 1.39. The van der Waals surface area contributed by atoms with Crippen LogP contribution in [0.25, 0.3) is 5.82 Å². The number of halogens is 1. The van der Waals surface area contributed by atoms with Crippen molar-refractivity contribution >= 4 is 23.6 Å². The van der Waals surface area contributed by atoms with Gasteiger partial charge in [-0.15, -0.1) is 0 Å². The molecular formula is C9H8ClN5. The largest absolute Gasteiger partial charge is 0.383 e. The number of nitrogen functional groups attached to an aromatic ring is 1. The molecule has 2 heterocycles. The van der Waals surface area contributed by atoms with Crippen LogP contribution in [0.3, 0.4) is 0 Å². The molecule has 0 aromatic carbocycles. The average Bonchev–Trinajstić information content (AvgIpc) is 2.60. The molecule has 0 unspecified atom stereocenters. The van der Waals surface area contributed by atoms with Gasteiger partial charge in [-0.1, -0.05) is 11.6 Å². The minimum absolute atomic E-state index is 0.352. The highest BCUT2D eigenvalue weighted by atomic mass is 35.5. The van der Waals surface area contributed by atoms with Crippen molar-refractivity contribution in [2.45, 2.75) is 0 Å². The number of anilines is 1. The lowest BCUT2D eigenvalue weighted by Gasteiger charge is -2.04. The smallest absolute Gasteiger partial charge is 0.174 e. The molecule has 2 aromatic rings. The topological polar surface area (TPSA) is 80.6 Å². The highest BCUT2D eigenvalue weighted by molar-refractivity contribution is 6.32. The number of aromatic nitrogens is 3. The van der Waals surface area contributed by atoms with E-state index in [2.05, 4.69) is 10.1 Å². The molecule has 3 N–H and O–H groups in total. The first-order chi connectivity index (χ1) is 7.24. The summed E-state index contributed by atoms with van der Waals surface area (Å²) in [6, 6.07) is 3.43. The zero-order chi connectivity index (χ0) is 10.8. The van der Waals surface area contributed by atoms with E-state index in [9.17, 15) is 0 Å². The second kappa shape index (κ2) is 3.70. The van der Waals surface area contributed by atoms with Gasteiger partial charge < -0.3 is 11.1 Å². The number of nitrogens with two attached hydrogens (primary N) is 1. The lowest BCUT2D eigenvalue weighted by molar-refractivity contribution is 0.857. The summed E-state index contributed by atoms with van der Waals surface area (Å²) >= 11 is 5.95. The van der Waals surface area contributed by atoms with Gasteiger partial charge in [-0.05, 0) is 12.1 Å². The van der Waals surface area contributed by atoms with Crippen molar-refractivity contribution in [2.24, 2.45) is 0 Å². The molecule has 76 valence electrons. The Morgan fingerprint density at radius 1 is 1.53 bits per heavy atom. The first-order valence-electron chi connectivity index (χ1n) is 4.19. The summed E-state index contributed by atoms with van der Waals surface area (Å²) in [5.74, 6) is 0.815. The third kappa shape index (κ3) is 1.57. The Hall–Kier alpha value is -1.88. The maximum Gasteiger partial charge on any atom is 0.174 e. The van der Waals surface area contributed by atoms with Crippen molar-refractivity contribution in [3.63, 3.8) is 0 Å². The standard InChI is InChI=1S/C9H8ClN5/c10-7-2-1-3-13-9(7)15-8(12)6(4-11)5-14-15/h1-5,11H,12H2. The van der Waals surface area contributed by atoms with E-state index in [0.29, 0.717) is 22.2 Å². The van der Waals surface area contributed by atoms with Crippen molar-refractivity contribution in [1.82, 2.24) is 14.8 Å². The summed E-state index contributed by atoms with van der Waals surface area (Å²) in [7, 11) is 0. The van der Waals surface area contributed by atoms with Gasteiger partial charge in [0, 0.05) is 12.4 Å². The van der Waals surface area contributed by atoms with Crippen molar-refractivity contribution in [3.8, 4) is 5.82 Å². The summed E-state index contributed by atoms with van der Waals surface area (Å²) in [5, 5.41) is 11.6. The van der Waals surface area contributed by atoms with E-state index in [1.807, 2.05) is 0 Å². The summed E-state index contributed by atoms with van der Waals surface area (Å²) in [6.45, 7) is 0. The maximum atomic E-state index is 7.10. The van der Waals surface area contributed by atoms with E-state index in [0.717, 1.165) is 6.21 Å². The Morgan fingerprint density at radius 3 is 2.93 bits per heavy atom. The van der Waals surface area contributed by atoms with E-state index >= 15 is 0 Å². The van der Waals surface area contributed by atoms with Gasteiger partial charge >= 0.3 is 0 Å². The van der Waals surface area contributed by atoms with Gasteiger partial charge in [-0.2, -0.15) is 9.78 Å². The molecule has 2 rings (SSSR count). The second-order valence-corrected chi connectivity index (χ2v) is 3.26. The van der Waals surface area contributed by atoms with Crippen LogP contribution in [0.2, 0.25) is 5.02 Å². The molecule has 0 spiro atoms. The van der Waals surface area contributed by atoms with Gasteiger partial charge in [0.1, 0.15) is 5.82 Å². The van der Waals surface area contributed by atoms with Crippen molar-refractivity contribution in [3.05, 3.63) is 35.1 Å². The Morgan fingerprint density at radius 2 is 2.33 bits per heavy atom. The zero-order valence-electron chi connectivity index (χ0n) is 7.68. The Bertz CT molecular complexity index is 505. The zero-order valence-corrected chi connectivity index (χ0v) is 8.44. The molecule has 0 aliphatic carbocycles. The fourth-order valence-electron chi connectivity index (χ4n) is 1.18. The van der Waals surface area contributed by atoms with Crippen LogP contribution < -0.4 is 5.73 Å². The molecule has 0 radical (unpaired) electrons. The molecule has 5 nitrogen and oxygen atoms in total. The third-order valence-corrected chi connectivity index (χ3v) is 2.23. The van der Waals surface area contributed by atoms with Gasteiger partial charge in [-0.3, -0.25) is 0 Å². The highest BCUT2D eigenvalue weighted by Gasteiger charge is 2.10. The Balaban J connectivity index is 2.59. The quantitative estimate of drug-likeness (QED) is 0.754.